The van der Waals surface area contributed by atoms with Crippen LogP contribution >= 0.6 is 170 Å². The molecule has 3 N–H and O–H groups in total. The van der Waals surface area contributed by atoms with Crippen LogP contribution in [0.3, 0.4) is 0 Å². The van der Waals surface area contributed by atoms with E-state index < -0.39 is 0 Å². The lowest BCUT2D eigenvalue weighted by Crippen LogP contribution is -1.96. The zero-order chi connectivity index (χ0) is 92.5. The lowest BCUT2D eigenvalue weighted by molar-refractivity contribution is 0.619. The Morgan fingerprint density at radius 1 is 0.146 bits per heavy atom. The summed E-state index contributed by atoms with van der Waals surface area (Å²) < 4.78 is 25.5. The number of H-pyrrole nitrogens is 3. The van der Waals surface area contributed by atoms with Crippen molar-refractivity contribution in [3.05, 3.63) is 290 Å². The Morgan fingerprint density at radius 2 is 0.326 bits per heavy atom. The van der Waals surface area contributed by atoms with Crippen LogP contribution in [-0.2, 0) is 0 Å². The molecule has 0 atom stereocenters. The van der Waals surface area contributed by atoms with E-state index in [4.69, 9.17) is 13.3 Å². The Morgan fingerprint density at radius 3 is 0.576 bits per heavy atom. The lowest BCUT2D eigenvalue weighted by atomic mass is 9.84. The summed E-state index contributed by atoms with van der Waals surface area (Å²) in [6.07, 6.45) is 18.4. The molecule has 0 spiro atoms. The molecule has 40 aromatic rings. The molecule has 0 fully saturated rings. The van der Waals surface area contributed by atoms with E-state index in [1.54, 1.807) is 102 Å². The van der Waals surface area contributed by atoms with Crippen molar-refractivity contribution >= 4 is 543 Å². The summed E-state index contributed by atoms with van der Waals surface area (Å²) in [5.74, 6) is 0. The van der Waals surface area contributed by atoms with Gasteiger partial charge >= 0.3 is 0 Å². The predicted molar refractivity (Wildman–Crippen MR) is 644 cm³/mol. The minimum absolute atomic E-state index is 0.954. The fourth-order valence-corrected chi connectivity index (χ4v) is 39.0. The number of hydrogen-bond acceptors (Lipinski definition) is 18. The number of pyridine rings is 3. The Bertz CT molecular complexity index is 9650. The zero-order valence-electron chi connectivity index (χ0n) is 74.1. The summed E-state index contributed by atoms with van der Waals surface area (Å²) in [4.78, 5) is 10.8. The van der Waals surface area contributed by atoms with E-state index in [2.05, 4.69) is 300 Å². The first kappa shape index (κ1) is 78.4. The van der Waals surface area contributed by atoms with Crippen molar-refractivity contribution in [1.82, 2.24) is 28.2 Å². The van der Waals surface area contributed by atoms with Gasteiger partial charge in [0.2, 0.25) is 0 Å². The number of nitrogens with one attached hydrogen (secondary N) is 3. The van der Waals surface area contributed by atoms with Gasteiger partial charge < -0.3 is 41.4 Å². The third-order valence-corrected chi connectivity index (χ3v) is 43.1. The first-order valence-electron chi connectivity index (χ1n) is 46.9. The first-order chi connectivity index (χ1) is 71.6. The number of hydrogen-bond donors (Lipinski definition) is 3. The predicted octanol–water partition coefficient (Wildman–Crippen LogP) is 43.2. The van der Waals surface area contributed by atoms with Crippen LogP contribution in [0, 0.1) is 0 Å². The highest BCUT2D eigenvalue weighted by atomic mass is 32.1. The van der Waals surface area contributed by atoms with E-state index in [-0.39, 0.29) is 0 Å². The van der Waals surface area contributed by atoms with E-state index in [9.17, 15) is 0 Å². The van der Waals surface area contributed by atoms with Gasteiger partial charge in [-0.25, -0.2) is 0 Å². The number of rotatable bonds is 0. The largest absolute Gasteiger partial charge is 0.464 e. The summed E-state index contributed by atoms with van der Waals surface area (Å²) >= 11 is 27.0. The minimum Gasteiger partial charge on any atom is -0.464 e. The monoisotopic (exact) mass is 2110 g/mol. The second-order valence-corrected chi connectivity index (χ2v) is 49.1. The first-order valence-corrected chi connectivity index (χ1v) is 61.0. The molecule has 0 amide bonds. The van der Waals surface area contributed by atoms with E-state index in [0.29, 0.717) is 0 Å². The average molecular weight is 2110 g/mol. The van der Waals surface area contributed by atoms with Crippen LogP contribution in [0.15, 0.2) is 303 Å². The van der Waals surface area contributed by atoms with E-state index in [0.717, 1.165) is 32.9 Å². The summed E-state index contributed by atoms with van der Waals surface area (Å²) in [7, 11) is 0. The highest BCUT2D eigenvalue weighted by molar-refractivity contribution is 7.15. The molecule has 0 saturated heterocycles. The smallest absolute Gasteiger partial charge is 0.143 e. The van der Waals surface area contributed by atoms with E-state index >= 15 is 0 Å². The topological polar surface area (TPSA) is 100 Å². The molecule has 9 nitrogen and oxygen atoms in total. The Kier molecular flexibility index (Phi) is 15.3. The maximum atomic E-state index is 6.13. The fraction of sp³-hybridized carbons (Fsp3) is 0. The van der Waals surface area contributed by atoms with E-state index in [1.807, 2.05) is 86.8 Å². The van der Waals surface area contributed by atoms with Gasteiger partial charge in [-0.3, -0.25) is 0 Å². The van der Waals surface area contributed by atoms with Crippen LogP contribution < -0.4 is 0 Å². The molecule has 0 aliphatic heterocycles. The van der Waals surface area contributed by atoms with Crippen molar-refractivity contribution in [2.45, 2.75) is 0 Å². The number of thiophene rings is 15. The van der Waals surface area contributed by atoms with Gasteiger partial charge in [0.1, 0.15) is 16.7 Å². The highest BCUT2D eigenvalue weighted by Gasteiger charge is 2.33. The molecule has 0 aliphatic rings. The van der Waals surface area contributed by atoms with Gasteiger partial charge in [0, 0.05) is 409 Å². The summed E-state index contributed by atoms with van der Waals surface area (Å²) in [6.45, 7) is 0. The number of benzene rings is 13. The summed E-state index contributed by atoms with van der Waals surface area (Å²) in [5, 5.41) is 146. The molecule has 0 saturated carbocycles. The number of fused-ring (bicyclic) bond motifs is 84. The Balaban J connectivity index is 0.0000000789. The minimum atomic E-state index is 0.954. The van der Waals surface area contributed by atoms with Crippen LogP contribution in [0.4, 0.5) is 0 Å². The second-order valence-electron chi connectivity index (χ2n) is 38.0. The molecule has 13 aromatic carbocycles. The zero-order valence-corrected chi connectivity index (χ0v) is 86.4. The maximum Gasteiger partial charge on any atom is 0.143 e. The quantitative estimate of drug-likeness (QED) is 0.132. The van der Waals surface area contributed by atoms with E-state index in [1.165, 1.54) is 341 Å². The molecule has 27 aromatic heterocycles. The van der Waals surface area contributed by atoms with Gasteiger partial charge in [-0.2, -0.15) is 136 Å². The molecule has 27 heterocycles. The molecule has 0 radical (unpaired) electrons. The SMILES string of the molecule is c1cc2c([nH]1)c1cscc1c1c2c2c3cscc3c3[nH]ccc3c2c2c3cscc3c3[nH]ccc3c12.c1cc2c(o1)c1cscc1c1c2c2c3cscc3c3occc3c2c2c3cscc3c3occc3c12.c1cc2c3c(c4cscc4n2c1)c1c(c2cscc2n2cccc12)c1c3c2cscc2n2cccc12.c1scc2c1c1cscc1c1c2c2c3cscc3c3cscc3c2c2c3cscc3c3cscc3c12. The summed E-state index contributed by atoms with van der Waals surface area (Å²) in [5.41, 5.74) is 14.3. The molecule has 0 bridgehead atoms. The fourth-order valence-electron chi connectivity index (χ4n) is 26.6. The molecule has 144 heavy (non-hydrogen) atoms. The maximum absolute atomic E-state index is 6.13. The van der Waals surface area contributed by atoms with Crippen molar-refractivity contribution in [3.63, 3.8) is 0 Å². The molecule has 672 valence electrons. The molecule has 0 aliphatic carbocycles. The van der Waals surface area contributed by atoms with Crippen molar-refractivity contribution in [2.75, 3.05) is 0 Å². The third-order valence-electron chi connectivity index (χ3n) is 32.0. The van der Waals surface area contributed by atoms with Gasteiger partial charge in [-0.15, -0.1) is 34.0 Å². The number of aromatic nitrogens is 6. The van der Waals surface area contributed by atoms with Crippen molar-refractivity contribution < 1.29 is 13.3 Å². The second kappa shape index (κ2) is 28.1. The van der Waals surface area contributed by atoms with Crippen molar-refractivity contribution in [2.24, 2.45) is 0 Å². The average Bonchev–Trinajstić information content (AvgIpc) is 1.49. The van der Waals surface area contributed by atoms with Crippen LogP contribution in [0.1, 0.15) is 0 Å². The van der Waals surface area contributed by atoms with Gasteiger partial charge in [0.25, 0.3) is 0 Å². The molecular formula is C120H54N6O3S15. The molecule has 40 rings (SSSR count). The molecule has 0 unspecified atom stereocenters. The van der Waals surface area contributed by atoms with Gasteiger partial charge in [0.05, 0.1) is 68.4 Å². The van der Waals surface area contributed by atoms with Crippen LogP contribution in [0.5, 0.6) is 0 Å². The number of aromatic amines is 3. The Labute approximate surface area is 865 Å². The standard InChI is InChI=1S/2C30H15N3S3.C30H12O3S3.C30H12S6/c1-4-31-28-13(1)22-25(16-7-34-10-19(16)28)23-14-2-6-33-30(14)21-12-36-9-18(21)27(23)24-15-3-5-32-29(15)20-11-35-8-17(20)26(22)24;1-4-19-28-25(16-10-34-13-22(16)31(19)7-1)29-20-5-2-9-33(20)24-15-36-12-18(24)27(29)30-21-6-3-8-32(21)23-14-35-11-17(23)26(28)30;1-4-31-28-13(1)22-25(16-7-34-10-19(16)28)23-14-2-6-33-30(14)21-12-36-9-18(21)27(23)24-15-3-5-32-29(15)20-11-35-8-17(20)26(22)24;1-13-14-2-32-8-20(14)26-25(19(13)7-31-1)27-21-9-33-3-15(21)16-4-35-11-23(16)29(27)30-24-12-36-6-18(24)17-5-34-10-22(17)28(26)30/h1-12,31-33H;1-15H;2*1-12H. The third kappa shape index (κ3) is 9.49. The lowest BCUT2D eigenvalue weighted by Gasteiger charge is -2.18. The molecular weight excluding hydrogens is 2050 g/mol. The van der Waals surface area contributed by atoms with Gasteiger partial charge in [-0.1, -0.05) is 0 Å². The van der Waals surface area contributed by atoms with Gasteiger partial charge in [-0.05, 0) is 170 Å². The number of furan rings is 3. The van der Waals surface area contributed by atoms with Crippen LogP contribution in [0.25, 0.3) is 373 Å². The van der Waals surface area contributed by atoms with Crippen LogP contribution in [-0.4, -0.2) is 28.2 Å². The van der Waals surface area contributed by atoms with Crippen molar-refractivity contribution in [3.8, 4) is 0 Å². The highest BCUT2D eigenvalue weighted by Crippen LogP contribution is 2.61. The van der Waals surface area contributed by atoms with Gasteiger partial charge in [0.15, 0.2) is 0 Å². The van der Waals surface area contributed by atoms with Crippen LogP contribution in [0.2, 0.25) is 0 Å². The molecule has 24 heteroatoms. The number of nitrogens with zero attached hydrogens (tertiary/aromatic N) is 3. The Hall–Kier alpha value is -14.1. The normalized spacial score (nSPS) is 13.0. The van der Waals surface area contributed by atoms with Crippen molar-refractivity contribution in [1.29, 1.82) is 0 Å². The summed E-state index contributed by atoms with van der Waals surface area (Å²) in [6, 6.07) is 26.7.